The van der Waals surface area contributed by atoms with E-state index in [1.54, 1.807) is 4.90 Å². The second kappa shape index (κ2) is 7.89. The van der Waals surface area contributed by atoms with Crippen LogP contribution in [0.15, 0.2) is 30.3 Å². The van der Waals surface area contributed by atoms with Crippen LogP contribution in [0.25, 0.3) is 0 Å². The van der Waals surface area contributed by atoms with Gasteiger partial charge in [-0.3, -0.25) is 9.69 Å². The molecule has 2 fully saturated rings. The minimum Gasteiger partial charge on any atom is -0.380 e. The highest BCUT2D eigenvalue weighted by Gasteiger charge is 2.40. The number of carbonyl (C=O) groups excluding carboxylic acids is 1. The number of thioether (sulfide) groups is 1. The largest absolute Gasteiger partial charge is 0.380 e. The Morgan fingerprint density at radius 2 is 2.04 bits per heavy atom. The van der Waals surface area contributed by atoms with E-state index in [-0.39, 0.29) is 5.91 Å². The molecule has 5 heteroatoms. The fourth-order valence-electron chi connectivity index (χ4n) is 3.80. The summed E-state index contributed by atoms with van der Waals surface area (Å²) in [5.74, 6) is 2.18. The summed E-state index contributed by atoms with van der Waals surface area (Å²) in [5, 5.41) is 10.6. The number of likely N-dealkylation sites (tertiary alicyclic amines) is 1. The second-order valence-electron chi connectivity index (χ2n) is 7.21. The maximum atomic E-state index is 12.6. The standard InChI is InChI=1S/C19H28N2O2S/c1-20(18(22)19(23)8-11-24-12-9-19)13-17-7-10-21(15-17)14-16-5-3-2-4-6-16/h2-6,17,23H,7-15H2,1H3. The van der Waals surface area contributed by atoms with Crippen LogP contribution >= 0.6 is 11.8 Å². The molecule has 0 saturated carbocycles. The Bertz CT molecular complexity index is 546. The van der Waals surface area contributed by atoms with Crippen LogP contribution in [0.4, 0.5) is 0 Å². The van der Waals surface area contributed by atoms with Gasteiger partial charge in [0, 0.05) is 26.7 Å². The average molecular weight is 349 g/mol. The molecule has 1 amide bonds. The molecule has 1 aromatic rings. The lowest BCUT2D eigenvalue weighted by molar-refractivity contribution is -0.151. The highest BCUT2D eigenvalue weighted by atomic mass is 32.2. The van der Waals surface area contributed by atoms with E-state index in [1.807, 2.05) is 24.9 Å². The van der Waals surface area contributed by atoms with Crippen LogP contribution in [0, 0.1) is 5.92 Å². The molecule has 1 unspecified atom stereocenters. The Kier molecular flexibility index (Phi) is 5.85. The predicted octanol–water partition coefficient (Wildman–Crippen LogP) is 2.22. The van der Waals surface area contributed by atoms with Crippen LogP contribution in [0.2, 0.25) is 0 Å². The van der Waals surface area contributed by atoms with E-state index in [0.717, 1.165) is 44.1 Å². The average Bonchev–Trinajstić information content (AvgIpc) is 3.02. The number of benzene rings is 1. The Labute approximate surface area is 149 Å². The van der Waals surface area contributed by atoms with Gasteiger partial charge < -0.3 is 10.0 Å². The zero-order valence-corrected chi connectivity index (χ0v) is 15.3. The lowest BCUT2D eigenvalue weighted by Crippen LogP contribution is -2.50. The molecule has 2 saturated heterocycles. The third-order valence-electron chi connectivity index (χ3n) is 5.22. The minimum absolute atomic E-state index is 0.0793. The molecule has 1 N–H and O–H groups in total. The van der Waals surface area contributed by atoms with Crippen molar-refractivity contribution in [2.24, 2.45) is 5.92 Å². The summed E-state index contributed by atoms with van der Waals surface area (Å²) in [4.78, 5) is 16.9. The number of carbonyl (C=O) groups is 1. The van der Waals surface area contributed by atoms with Crippen LogP contribution < -0.4 is 0 Å². The lowest BCUT2D eigenvalue weighted by atomic mass is 9.94. The van der Waals surface area contributed by atoms with Crippen molar-refractivity contribution < 1.29 is 9.90 Å². The number of hydrogen-bond acceptors (Lipinski definition) is 4. The molecule has 0 aliphatic carbocycles. The van der Waals surface area contributed by atoms with E-state index in [0.29, 0.717) is 18.8 Å². The van der Waals surface area contributed by atoms with Crippen molar-refractivity contribution in [1.82, 2.24) is 9.80 Å². The molecule has 3 rings (SSSR count). The molecule has 2 aliphatic heterocycles. The van der Waals surface area contributed by atoms with Gasteiger partial charge in [0.15, 0.2) is 0 Å². The molecule has 24 heavy (non-hydrogen) atoms. The van der Waals surface area contributed by atoms with E-state index in [2.05, 4.69) is 29.2 Å². The van der Waals surface area contributed by atoms with E-state index in [1.165, 1.54) is 5.56 Å². The van der Waals surface area contributed by atoms with Crippen molar-refractivity contribution in [3.05, 3.63) is 35.9 Å². The number of hydrogen-bond donors (Lipinski definition) is 1. The molecule has 0 bridgehead atoms. The first-order valence-electron chi connectivity index (χ1n) is 8.89. The second-order valence-corrected chi connectivity index (χ2v) is 8.43. The highest BCUT2D eigenvalue weighted by molar-refractivity contribution is 7.99. The first-order chi connectivity index (χ1) is 11.6. The molecular formula is C19H28N2O2S. The van der Waals surface area contributed by atoms with Gasteiger partial charge in [-0.05, 0) is 48.8 Å². The molecular weight excluding hydrogens is 320 g/mol. The lowest BCUT2D eigenvalue weighted by Gasteiger charge is -2.34. The van der Waals surface area contributed by atoms with Crippen LogP contribution in [-0.4, -0.2) is 64.6 Å². The molecule has 1 atom stereocenters. The van der Waals surface area contributed by atoms with Crippen LogP contribution in [0.5, 0.6) is 0 Å². The summed E-state index contributed by atoms with van der Waals surface area (Å²) in [6.45, 7) is 3.85. The van der Waals surface area contributed by atoms with Crippen molar-refractivity contribution in [2.45, 2.75) is 31.4 Å². The maximum absolute atomic E-state index is 12.6. The summed E-state index contributed by atoms with van der Waals surface area (Å²) >= 11 is 1.82. The van der Waals surface area contributed by atoms with Gasteiger partial charge in [0.2, 0.25) is 0 Å². The Morgan fingerprint density at radius 3 is 2.75 bits per heavy atom. The summed E-state index contributed by atoms with van der Waals surface area (Å²) in [7, 11) is 1.85. The van der Waals surface area contributed by atoms with Gasteiger partial charge in [0.1, 0.15) is 5.60 Å². The summed E-state index contributed by atoms with van der Waals surface area (Å²) in [6, 6.07) is 10.5. The fourth-order valence-corrected chi connectivity index (χ4v) is 4.96. The van der Waals surface area contributed by atoms with E-state index >= 15 is 0 Å². The summed E-state index contributed by atoms with van der Waals surface area (Å²) in [5.41, 5.74) is 0.221. The molecule has 2 heterocycles. The number of nitrogens with zero attached hydrogens (tertiary/aromatic N) is 2. The predicted molar refractivity (Wildman–Crippen MR) is 99.0 cm³/mol. The van der Waals surface area contributed by atoms with Crippen molar-refractivity contribution >= 4 is 17.7 Å². The molecule has 0 radical (unpaired) electrons. The Hall–Kier alpha value is -1.04. The highest BCUT2D eigenvalue weighted by Crippen LogP contribution is 2.29. The van der Waals surface area contributed by atoms with Crippen molar-refractivity contribution in [3.8, 4) is 0 Å². The van der Waals surface area contributed by atoms with E-state index in [4.69, 9.17) is 0 Å². The van der Waals surface area contributed by atoms with Gasteiger partial charge >= 0.3 is 0 Å². The molecule has 1 aromatic carbocycles. The fraction of sp³-hybridized carbons (Fsp3) is 0.632. The SMILES string of the molecule is CN(CC1CCN(Cc2ccccc2)C1)C(=O)C1(O)CCSCC1. The number of aliphatic hydroxyl groups is 1. The monoisotopic (exact) mass is 348 g/mol. The Balaban J connectivity index is 1.48. The number of amides is 1. The van der Waals surface area contributed by atoms with Gasteiger partial charge in [0.05, 0.1) is 0 Å². The van der Waals surface area contributed by atoms with Gasteiger partial charge in [0.25, 0.3) is 5.91 Å². The van der Waals surface area contributed by atoms with Crippen molar-refractivity contribution in [2.75, 3.05) is 38.2 Å². The first-order valence-corrected chi connectivity index (χ1v) is 10.0. The van der Waals surface area contributed by atoms with E-state index in [9.17, 15) is 9.90 Å². The molecule has 0 spiro atoms. The van der Waals surface area contributed by atoms with Gasteiger partial charge in [-0.15, -0.1) is 0 Å². The third-order valence-corrected chi connectivity index (χ3v) is 6.20. The van der Waals surface area contributed by atoms with Gasteiger partial charge in [-0.2, -0.15) is 11.8 Å². The van der Waals surface area contributed by atoms with Crippen LogP contribution in [0.1, 0.15) is 24.8 Å². The van der Waals surface area contributed by atoms with Crippen molar-refractivity contribution in [1.29, 1.82) is 0 Å². The molecule has 132 valence electrons. The third kappa shape index (κ3) is 4.32. The topological polar surface area (TPSA) is 43.8 Å². The zero-order chi connectivity index (χ0) is 17.0. The molecule has 4 nitrogen and oxygen atoms in total. The number of rotatable bonds is 5. The zero-order valence-electron chi connectivity index (χ0n) is 14.5. The van der Waals surface area contributed by atoms with Gasteiger partial charge in [-0.1, -0.05) is 30.3 Å². The quantitative estimate of drug-likeness (QED) is 0.886. The van der Waals surface area contributed by atoms with Crippen molar-refractivity contribution in [3.63, 3.8) is 0 Å². The van der Waals surface area contributed by atoms with Crippen LogP contribution in [0.3, 0.4) is 0 Å². The summed E-state index contributed by atoms with van der Waals surface area (Å²) < 4.78 is 0. The number of likely N-dealkylation sites (N-methyl/N-ethyl adjacent to an activating group) is 1. The Morgan fingerprint density at radius 1 is 1.33 bits per heavy atom. The van der Waals surface area contributed by atoms with Crippen LogP contribution in [-0.2, 0) is 11.3 Å². The smallest absolute Gasteiger partial charge is 0.254 e. The first kappa shape index (κ1) is 17.8. The molecule has 0 aromatic heterocycles. The summed E-state index contributed by atoms with van der Waals surface area (Å²) in [6.07, 6.45) is 2.30. The normalized spacial score (nSPS) is 24.0. The maximum Gasteiger partial charge on any atom is 0.254 e. The van der Waals surface area contributed by atoms with Gasteiger partial charge in [-0.25, -0.2) is 0 Å². The molecule has 2 aliphatic rings. The van der Waals surface area contributed by atoms with E-state index < -0.39 is 5.60 Å². The minimum atomic E-state index is -1.12.